The number of aliphatic hydroxyl groups excluding tert-OH is 4. The third-order valence-corrected chi connectivity index (χ3v) is 5.00. The average Bonchev–Trinajstić information content (AvgIpc) is 2.86. The van der Waals surface area contributed by atoms with Gasteiger partial charge in [-0.25, -0.2) is 0 Å². The monoisotopic (exact) mass is 474 g/mol. The van der Waals surface area contributed by atoms with Crippen molar-refractivity contribution >= 4 is 17.6 Å². The molecular formula is C24H30N2O8. The number of nitrogens with zero attached hydrogens (tertiary/aromatic N) is 2. The van der Waals surface area contributed by atoms with Crippen LogP contribution in [0, 0.1) is 0 Å². The second-order valence-corrected chi connectivity index (χ2v) is 7.26. The Labute approximate surface area is 197 Å². The van der Waals surface area contributed by atoms with E-state index in [4.69, 9.17) is 14.9 Å². The number of hydrogen-bond donors (Lipinski definition) is 4. The van der Waals surface area contributed by atoms with E-state index < -0.39 is 17.6 Å². The van der Waals surface area contributed by atoms with Crippen LogP contribution in [-0.4, -0.2) is 107 Å². The van der Waals surface area contributed by atoms with Gasteiger partial charge in [0.05, 0.1) is 32.0 Å². The van der Waals surface area contributed by atoms with Crippen molar-refractivity contribution in [2.24, 2.45) is 0 Å². The summed E-state index contributed by atoms with van der Waals surface area (Å²) >= 11 is 0. The molecule has 0 aliphatic heterocycles. The number of rotatable bonds is 14. The smallest absolute Gasteiger partial charge is 0.260 e. The molecule has 0 atom stereocenters. The van der Waals surface area contributed by atoms with Crippen molar-refractivity contribution in [2.45, 2.75) is 0 Å². The van der Waals surface area contributed by atoms with Crippen LogP contribution in [0.5, 0.6) is 5.75 Å². The van der Waals surface area contributed by atoms with Crippen molar-refractivity contribution in [3.63, 3.8) is 0 Å². The zero-order valence-electron chi connectivity index (χ0n) is 18.8. The minimum Gasteiger partial charge on any atom is -0.484 e. The van der Waals surface area contributed by atoms with Crippen molar-refractivity contribution in [2.75, 3.05) is 59.2 Å². The number of ether oxygens (including phenoxy) is 1. The first-order chi connectivity index (χ1) is 16.5. The molecule has 0 radical (unpaired) electrons. The third kappa shape index (κ3) is 7.35. The van der Waals surface area contributed by atoms with Crippen LogP contribution < -0.4 is 4.74 Å². The first-order valence-electron chi connectivity index (χ1n) is 10.8. The van der Waals surface area contributed by atoms with Gasteiger partial charge in [0.25, 0.3) is 11.8 Å². The van der Waals surface area contributed by atoms with E-state index in [0.717, 1.165) is 0 Å². The molecule has 0 saturated carbocycles. The normalized spacial score (nSPS) is 10.6. The van der Waals surface area contributed by atoms with Gasteiger partial charge >= 0.3 is 0 Å². The van der Waals surface area contributed by atoms with E-state index in [2.05, 4.69) is 0 Å². The topological polar surface area (TPSA) is 148 Å². The lowest BCUT2D eigenvalue weighted by molar-refractivity contribution is -0.134. The predicted molar refractivity (Wildman–Crippen MR) is 123 cm³/mol. The maximum Gasteiger partial charge on any atom is 0.260 e. The summed E-state index contributed by atoms with van der Waals surface area (Å²) in [5.41, 5.74) is 0.644. The predicted octanol–water partition coefficient (Wildman–Crippen LogP) is -0.464. The Bertz CT molecular complexity index is 936. The van der Waals surface area contributed by atoms with Crippen molar-refractivity contribution in [1.29, 1.82) is 0 Å². The first kappa shape index (κ1) is 26.9. The maximum atomic E-state index is 13.1. The van der Waals surface area contributed by atoms with Crippen LogP contribution in [0.25, 0.3) is 0 Å². The molecular weight excluding hydrogens is 444 g/mol. The fourth-order valence-corrected chi connectivity index (χ4v) is 3.29. The lowest BCUT2D eigenvalue weighted by atomic mass is 9.97. The molecule has 2 aromatic carbocycles. The minimum atomic E-state index is -0.471. The molecule has 0 aliphatic carbocycles. The Morgan fingerprint density at radius 2 is 1.18 bits per heavy atom. The number of carbonyl (C=O) groups excluding carboxylic acids is 3. The Morgan fingerprint density at radius 3 is 1.71 bits per heavy atom. The van der Waals surface area contributed by atoms with E-state index in [1.165, 1.54) is 46.2 Å². The summed E-state index contributed by atoms with van der Waals surface area (Å²) in [4.78, 5) is 40.7. The number of aliphatic hydroxyl groups is 4. The van der Waals surface area contributed by atoms with Gasteiger partial charge in [-0.15, -0.1) is 0 Å². The highest BCUT2D eigenvalue weighted by Gasteiger charge is 2.22. The molecule has 4 N–H and O–H groups in total. The quantitative estimate of drug-likeness (QED) is 0.269. The van der Waals surface area contributed by atoms with Gasteiger partial charge in [-0.2, -0.15) is 0 Å². The molecule has 0 spiro atoms. The molecule has 0 aromatic heterocycles. The van der Waals surface area contributed by atoms with Gasteiger partial charge in [-0.3, -0.25) is 14.4 Å². The molecule has 184 valence electrons. The van der Waals surface area contributed by atoms with Gasteiger partial charge in [0.2, 0.25) is 0 Å². The number of carbonyl (C=O) groups is 3. The lowest BCUT2D eigenvalue weighted by Crippen LogP contribution is -2.38. The fraction of sp³-hybridized carbons (Fsp3) is 0.375. The van der Waals surface area contributed by atoms with E-state index in [1.54, 1.807) is 12.1 Å². The highest BCUT2D eigenvalue weighted by atomic mass is 16.5. The van der Waals surface area contributed by atoms with Crippen molar-refractivity contribution < 1.29 is 39.5 Å². The minimum absolute atomic E-state index is 0.0285. The number of ketones is 1. The molecule has 0 bridgehead atoms. The molecule has 2 aromatic rings. The van der Waals surface area contributed by atoms with Gasteiger partial charge in [0.1, 0.15) is 5.75 Å². The van der Waals surface area contributed by atoms with E-state index in [1.807, 2.05) is 0 Å². The maximum absolute atomic E-state index is 13.1. The molecule has 10 heteroatoms. The van der Waals surface area contributed by atoms with Crippen molar-refractivity contribution in [3.05, 3.63) is 65.2 Å². The van der Waals surface area contributed by atoms with Crippen LogP contribution in [0.15, 0.2) is 48.5 Å². The molecule has 0 saturated heterocycles. The van der Waals surface area contributed by atoms with Gasteiger partial charge in [-0.1, -0.05) is 18.2 Å². The van der Waals surface area contributed by atoms with Crippen LogP contribution in [0.2, 0.25) is 0 Å². The van der Waals surface area contributed by atoms with Crippen LogP contribution in [0.1, 0.15) is 26.3 Å². The second kappa shape index (κ2) is 14.1. The summed E-state index contributed by atoms with van der Waals surface area (Å²) in [6.07, 6.45) is 0. The summed E-state index contributed by atoms with van der Waals surface area (Å²) in [5.74, 6) is -0.914. The van der Waals surface area contributed by atoms with E-state index in [-0.39, 0.29) is 70.3 Å². The number of benzene rings is 2. The molecule has 0 unspecified atom stereocenters. The fourth-order valence-electron chi connectivity index (χ4n) is 3.29. The Morgan fingerprint density at radius 1 is 0.676 bits per heavy atom. The van der Waals surface area contributed by atoms with Crippen molar-refractivity contribution in [3.8, 4) is 5.75 Å². The van der Waals surface area contributed by atoms with Gasteiger partial charge < -0.3 is 35.0 Å². The van der Waals surface area contributed by atoms with Crippen LogP contribution in [-0.2, 0) is 4.79 Å². The Balaban J connectivity index is 2.13. The zero-order valence-corrected chi connectivity index (χ0v) is 18.8. The lowest BCUT2D eigenvalue weighted by Gasteiger charge is -2.22. The molecule has 0 heterocycles. The van der Waals surface area contributed by atoms with Gasteiger partial charge in [-0.05, 0) is 30.3 Å². The molecule has 2 rings (SSSR count). The Kier molecular flexibility index (Phi) is 11.1. The molecule has 2 amide bonds. The highest BCUT2D eigenvalue weighted by molar-refractivity contribution is 6.15. The zero-order chi connectivity index (χ0) is 24.9. The number of amides is 2. The summed E-state index contributed by atoms with van der Waals surface area (Å²) in [6, 6.07) is 12.4. The standard InChI is InChI=1S/C24H30N2O8/c27-13-9-25(10-14-28)22(31)17-34-19-7-5-18(6-8-19)23(32)20-3-1-2-4-21(20)24(33)26(11-15-29)12-16-30/h1-8,27-30H,9-17H2. The second-order valence-electron chi connectivity index (χ2n) is 7.26. The number of hydrogen-bond acceptors (Lipinski definition) is 8. The largest absolute Gasteiger partial charge is 0.484 e. The summed E-state index contributed by atoms with van der Waals surface area (Å²) in [5, 5.41) is 36.4. The van der Waals surface area contributed by atoms with Gasteiger partial charge in [0, 0.05) is 37.3 Å². The summed E-state index contributed by atoms with van der Waals surface area (Å²) < 4.78 is 5.46. The van der Waals surface area contributed by atoms with Crippen LogP contribution >= 0.6 is 0 Å². The molecule has 10 nitrogen and oxygen atoms in total. The van der Waals surface area contributed by atoms with Crippen molar-refractivity contribution in [1.82, 2.24) is 9.80 Å². The third-order valence-electron chi connectivity index (χ3n) is 5.00. The van der Waals surface area contributed by atoms with Crippen LogP contribution in [0.3, 0.4) is 0 Å². The molecule has 0 aliphatic rings. The molecule has 34 heavy (non-hydrogen) atoms. The first-order valence-corrected chi connectivity index (χ1v) is 10.8. The summed E-state index contributed by atoms with van der Waals surface area (Å²) in [6.45, 7) is -1.08. The van der Waals surface area contributed by atoms with Crippen LogP contribution in [0.4, 0.5) is 0 Å². The SMILES string of the molecule is O=C(c1ccc(OCC(=O)N(CCO)CCO)cc1)c1ccccc1C(=O)N(CCO)CCO. The van der Waals surface area contributed by atoms with E-state index in [0.29, 0.717) is 11.3 Å². The van der Waals surface area contributed by atoms with E-state index >= 15 is 0 Å². The van der Waals surface area contributed by atoms with E-state index in [9.17, 15) is 24.6 Å². The van der Waals surface area contributed by atoms with Gasteiger partial charge in [0.15, 0.2) is 12.4 Å². The Hall–Kier alpha value is -3.31. The summed E-state index contributed by atoms with van der Waals surface area (Å²) in [7, 11) is 0. The molecule has 0 fully saturated rings. The highest BCUT2D eigenvalue weighted by Crippen LogP contribution is 2.19. The average molecular weight is 475 g/mol.